The van der Waals surface area contributed by atoms with Crippen molar-refractivity contribution < 1.29 is 8.42 Å². The number of hydrogen-bond donors (Lipinski definition) is 2. The summed E-state index contributed by atoms with van der Waals surface area (Å²) in [6.45, 7) is 5.95. The fourth-order valence-corrected chi connectivity index (χ4v) is 3.71. The second-order valence-electron chi connectivity index (χ2n) is 3.94. The lowest BCUT2D eigenvalue weighted by Gasteiger charge is -2.09. The maximum atomic E-state index is 11.9. The quantitative estimate of drug-likeness (QED) is 0.752. The van der Waals surface area contributed by atoms with Gasteiger partial charge >= 0.3 is 0 Å². The Hall–Kier alpha value is -0.430. The van der Waals surface area contributed by atoms with E-state index in [1.54, 1.807) is 13.0 Å². The minimum Gasteiger partial charge on any atom is -0.313 e. The molecule has 18 heavy (non-hydrogen) atoms. The van der Waals surface area contributed by atoms with Crippen LogP contribution in [0.1, 0.15) is 25.8 Å². The highest BCUT2D eigenvalue weighted by atomic mass is 79.9. The predicted octanol–water partition coefficient (Wildman–Crippen LogP) is 2.25. The smallest absolute Gasteiger partial charge is 0.241 e. The molecule has 0 heterocycles. The number of hydrogen-bond acceptors (Lipinski definition) is 3. The van der Waals surface area contributed by atoms with Gasteiger partial charge in [-0.3, -0.25) is 0 Å². The molecule has 0 unspecified atom stereocenters. The van der Waals surface area contributed by atoms with Gasteiger partial charge in [0.15, 0.2) is 0 Å². The molecule has 102 valence electrons. The summed E-state index contributed by atoms with van der Waals surface area (Å²) in [5, 5.41) is 3.28. The van der Waals surface area contributed by atoms with E-state index < -0.39 is 10.0 Å². The van der Waals surface area contributed by atoms with Crippen LogP contribution in [0.2, 0.25) is 0 Å². The highest BCUT2D eigenvalue weighted by Gasteiger charge is 2.16. The van der Waals surface area contributed by atoms with Crippen LogP contribution in [0.25, 0.3) is 0 Å². The van der Waals surface area contributed by atoms with Gasteiger partial charge in [0.1, 0.15) is 0 Å². The fraction of sp³-hybridized carbons (Fsp3) is 0.500. The molecule has 0 spiro atoms. The number of nitrogens with one attached hydrogen (secondary N) is 2. The van der Waals surface area contributed by atoms with Crippen molar-refractivity contribution in [1.29, 1.82) is 0 Å². The van der Waals surface area contributed by atoms with Crippen LogP contribution in [0.15, 0.2) is 27.6 Å². The van der Waals surface area contributed by atoms with Crippen molar-refractivity contribution in [2.24, 2.45) is 0 Å². The lowest BCUT2D eigenvalue weighted by atomic mass is 10.2. The summed E-state index contributed by atoms with van der Waals surface area (Å²) in [4.78, 5) is 0.281. The van der Waals surface area contributed by atoms with Crippen molar-refractivity contribution in [2.75, 3.05) is 13.1 Å². The molecular weight excluding hydrogens is 316 g/mol. The van der Waals surface area contributed by atoms with Gasteiger partial charge in [0, 0.05) is 17.6 Å². The SMILES string of the molecule is CCCNCc1ccc(S(=O)(=O)NCC)c(Br)c1. The van der Waals surface area contributed by atoms with Gasteiger partial charge in [-0.05, 0) is 46.6 Å². The van der Waals surface area contributed by atoms with E-state index in [1.807, 2.05) is 12.1 Å². The molecular formula is C12H19BrN2O2S. The van der Waals surface area contributed by atoms with Crippen LogP contribution in [0, 0.1) is 0 Å². The summed E-state index contributed by atoms with van der Waals surface area (Å²) in [7, 11) is -3.40. The first-order valence-corrected chi connectivity index (χ1v) is 8.27. The first-order valence-electron chi connectivity index (χ1n) is 6.00. The molecule has 1 aromatic rings. The summed E-state index contributed by atoms with van der Waals surface area (Å²) >= 11 is 3.31. The van der Waals surface area contributed by atoms with Crippen molar-refractivity contribution >= 4 is 26.0 Å². The monoisotopic (exact) mass is 334 g/mol. The normalized spacial score (nSPS) is 11.7. The van der Waals surface area contributed by atoms with Gasteiger partial charge in [-0.25, -0.2) is 13.1 Å². The fourth-order valence-electron chi connectivity index (χ4n) is 1.55. The largest absolute Gasteiger partial charge is 0.313 e. The summed E-state index contributed by atoms with van der Waals surface area (Å²) in [5.41, 5.74) is 1.06. The molecule has 0 radical (unpaired) electrons. The van der Waals surface area contributed by atoms with Crippen LogP contribution in [-0.4, -0.2) is 21.5 Å². The van der Waals surface area contributed by atoms with E-state index >= 15 is 0 Å². The zero-order chi connectivity index (χ0) is 13.6. The number of benzene rings is 1. The molecule has 0 atom stereocenters. The van der Waals surface area contributed by atoms with Gasteiger partial charge in [0.2, 0.25) is 10.0 Å². The van der Waals surface area contributed by atoms with E-state index in [0.29, 0.717) is 11.0 Å². The second kappa shape index (κ2) is 7.23. The Morgan fingerprint density at radius 2 is 2.00 bits per heavy atom. The van der Waals surface area contributed by atoms with Crippen molar-refractivity contribution in [3.05, 3.63) is 28.2 Å². The lowest BCUT2D eigenvalue weighted by Crippen LogP contribution is -2.23. The minimum absolute atomic E-state index is 0.281. The van der Waals surface area contributed by atoms with Gasteiger partial charge < -0.3 is 5.32 Å². The van der Waals surface area contributed by atoms with E-state index in [-0.39, 0.29) is 4.90 Å². The van der Waals surface area contributed by atoms with E-state index in [9.17, 15) is 8.42 Å². The number of sulfonamides is 1. The molecule has 0 bridgehead atoms. The Kier molecular flexibility index (Phi) is 6.28. The van der Waals surface area contributed by atoms with Crippen LogP contribution >= 0.6 is 15.9 Å². The molecule has 0 saturated carbocycles. The first-order chi connectivity index (χ1) is 8.51. The van der Waals surface area contributed by atoms with Gasteiger partial charge in [-0.1, -0.05) is 19.9 Å². The molecule has 0 amide bonds. The molecule has 0 aliphatic carbocycles. The molecule has 2 N–H and O–H groups in total. The Labute approximate surface area is 117 Å². The van der Waals surface area contributed by atoms with E-state index in [4.69, 9.17) is 0 Å². The number of halogens is 1. The van der Waals surface area contributed by atoms with Gasteiger partial charge in [0.05, 0.1) is 4.90 Å². The average Bonchev–Trinajstić information content (AvgIpc) is 2.29. The summed E-state index contributed by atoms with van der Waals surface area (Å²) in [6, 6.07) is 5.30. The summed E-state index contributed by atoms with van der Waals surface area (Å²) in [6.07, 6.45) is 1.08. The molecule has 0 fully saturated rings. The predicted molar refractivity (Wildman–Crippen MR) is 77.0 cm³/mol. The third-order valence-electron chi connectivity index (χ3n) is 2.38. The summed E-state index contributed by atoms with van der Waals surface area (Å²) < 4.78 is 26.8. The lowest BCUT2D eigenvalue weighted by molar-refractivity contribution is 0.583. The first kappa shape index (κ1) is 15.6. The Morgan fingerprint density at radius 1 is 1.28 bits per heavy atom. The Balaban J connectivity index is 2.86. The van der Waals surface area contributed by atoms with Gasteiger partial charge in [-0.15, -0.1) is 0 Å². The standard InChI is InChI=1S/C12H19BrN2O2S/c1-3-7-14-9-10-5-6-12(11(13)8-10)18(16,17)15-4-2/h5-6,8,14-15H,3-4,7,9H2,1-2H3. The minimum atomic E-state index is -3.40. The molecule has 6 heteroatoms. The zero-order valence-corrected chi connectivity index (χ0v) is 13.1. The van der Waals surface area contributed by atoms with E-state index in [0.717, 1.165) is 25.1 Å². The average molecular weight is 335 g/mol. The summed E-state index contributed by atoms with van der Waals surface area (Å²) in [5.74, 6) is 0. The van der Waals surface area contributed by atoms with Gasteiger partial charge in [0.25, 0.3) is 0 Å². The molecule has 0 aliphatic rings. The van der Waals surface area contributed by atoms with Crippen LogP contribution < -0.4 is 10.0 Å². The van der Waals surface area contributed by atoms with Crippen LogP contribution in [0.3, 0.4) is 0 Å². The van der Waals surface area contributed by atoms with Crippen LogP contribution in [-0.2, 0) is 16.6 Å². The maximum Gasteiger partial charge on any atom is 0.241 e. The van der Waals surface area contributed by atoms with Crippen molar-refractivity contribution in [3.8, 4) is 0 Å². The molecule has 0 aliphatic heterocycles. The van der Waals surface area contributed by atoms with E-state index in [2.05, 4.69) is 32.9 Å². The molecule has 1 rings (SSSR count). The molecule has 1 aromatic carbocycles. The second-order valence-corrected chi connectivity index (χ2v) is 6.53. The van der Waals surface area contributed by atoms with Gasteiger partial charge in [-0.2, -0.15) is 0 Å². The molecule has 0 aromatic heterocycles. The van der Waals surface area contributed by atoms with Crippen LogP contribution in [0.4, 0.5) is 0 Å². The van der Waals surface area contributed by atoms with Crippen molar-refractivity contribution in [2.45, 2.75) is 31.7 Å². The van der Waals surface area contributed by atoms with E-state index in [1.165, 1.54) is 0 Å². The third-order valence-corrected chi connectivity index (χ3v) is 4.90. The highest BCUT2D eigenvalue weighted by molar-refractivity contribution is 9.10. The Bertz CT molecular complexity index is 489. The molecule has 4 nitrogen and oxygen atoms in total. The zero-order valence-electron chi connectivity index (χ0n) is 10.7. The topological polar surface area (TPSA) is 58.2 Å². The van der Waals surface area contributed by atoms with Crippen LogP contribution in [0.5, 0.6) is 0 Å². The highest BCUT2D eigenvalue weighted by Crippen LogP contribution is 2.23. The number of rotatable bonds is 7. The van der Waals surface area contributed by atoms with Crippen molar-refractivity contribution in [1.82, 2.24) is 10.0 Å². The van der Waals surface area contributed by atoms with Crippen molar-refractivity contribution in [3.63, 3.8) is 0 Å². The third kappa shape index (κ3) is 4.35. The molecule has 0 saturated heterocycles. The maximum absolute atomic E-state index is 11.9. The Morgan fingerprint density at radius 3 is 2.56 bits per heavy atom.